The van der Waals surface area contributed by atoms with Gasteiger partial charge in [-0.25, -0.2) is 0 Å². The van der Waals surface area contributed by atoms with Gasteiger partial charge in [-0.05, 0) is 68.6 Å². The molecule has 0 radical (unpaired) electrons. The second-order valence-corrected chi connectivity index (χ2v) is 7.42. The van der Waals surface area contributed by atoms with Crippen LogP contribution in [0.1, 0.15) is 48.9 Å². The Balaban J connectivity index is 1.28. The van der Waals surface area contributed by atoms with E-state index in [9.17, 15) is 0 Å². The standard InChI is InChI=1S/C21H29N3O2/c1-2-15-25-20(4-1)21-6-5-19(26-21)17-24-12-3-11-23(13-14-24)16-18-7-9-22-10-8-18/h5-10,20H,1-4,11-17H2/t20-/m0/s1. The van der Waals surface area contributed by atoms with Crippen LogP contribution in [0.15, 0.2) is 41.1 Å². The van der Waals surface area contributed by atoms with Crippen molar-refractivity contribution < 1.29 is 9.15 Å². The summed E-state index contributed by atoms with van der Waals surface area (Å²) in [6, 6.07) is 8.46. The molecular formula is C21H29N3O2. The van der Waals surface area contributed by atoms with E-state index in [1.807, 2.05) is 12.4 Å². The number of rotatable bonds is 5. The van der Waals surface area contributed by atoms with Crippen molar-refractivity contribution >= 4 is 0 Å². The highest BCUT2D eigenvalue weighted by molar-refractivity contribution is 5.11. The van der Waals surface area contributed by atoms with Crippen molar-refractivity contribution in [1.29, 1.82) is 0 Å². The van der Waals surface area contributed by atoms with E-state index >= 15 is 0 Å². The molecule has 4 heterocycles. The van der Waals surface area contributed by atoms with Crippen molar-refractivity contribution in [2.24, 2.45) is 0 Å². The molecule has 0 amide bonds. The van der Waals surface area contributed by atoms with E-state index in [0.29, 0.717) is 0 Å². The van der Waals surface area contributed by atoms with Gasteiger partial charge in [0.25, 0.3) is 0 Å². The SMILES string of the molecule is c1cc(CN2CCCN(Cc3ccc([C@@H]4CCCCO4)o3)CC2)ccn1. The molecule has 0 saturated carbocycles. The summed E-state index contributed by atoms with van der Waals surface area (Å²) in [6.07, 6.45) is 8.62. The Morgan fingerprint density at radius 2 is 1.69 bits per heavy atom. The van der Waals surface area contributed by atoms with Gasteiger partial charge in [-0.15, -0.1) is 0 Å². The van der Waals surface area contributed by atoms with Gasteiger partial charge in [0.2, 0.25) is 0 Å². The highest BCUT2D eigenvalue weighted by atomic mass is 16.5. The van der Waals surface area contributed by atoms with Crippen LogP contribution in [0.3, 0.4) is 0 Å². The minimum absolute atomic E-state index is 0.164. The van der Waals surface area contributed by atoms with Crippen LogP contribution in [0.4, 0.5) is 0 Å². The number of ether oxygens (including phenoxy) is 1. The Morgan fingerprint density at radius 1 is 0.885 bits per heavy atom. The fourth-order valence-corrected chi connectivity index (χ4v) is 3.93. The molecule has 0 N–H and O–H groups in total. The molecule has 0 aromatic carbocycles. The Morgan fingerprint density at radius 3 is 2.46 bits per heavy atom. The third kappa shape index (κ3) is 4.72. The summed E-state index contributed by atoms with van der Waals surface area (Å²) in [4.78, 5) is 9.16. The van der Waals surface area contributed by atoms with Crippen LogP contribution in [0.25, 0.3) is 0 Å². The van der Waals surface area contributed by atoms with Gasteiger partial charge in [0, 0.05) is 38.6 Å². The monoisotopic (exact) mass is 355 g/mol. The van der Waals surface area contributed by atoms with Crippen LogP contribution in [0, 0.1) is 0 Å². The smallest absolute Gasteiger partial charge is 0.133 e. The molecule has 2 fully saturated rings. The van der Waals surface area contributed by atoms with Gasteiger partial charge in [-0.1, -0.05) is 0 Å². The lowest BCUT2D eigenvalue weighted by molar-refractivity contribution is 0.000863. The first-order chi connectivity index (χ1) is 12.9. The van der Waals surface area contributed by atoms with Gasteiger partial charge in [0.15, 0.2) is 0 Å². The molecule has 26 heavy (non-hydrogen) atoms. The lowest BCUT2D eigenvalue weighted by Crippen LogP contribution is -2.30. The van der Waals surface area contributed by atoms with Crippen LogP contribution >= 0.6 is 0 Å². The average Bonchev–Trinajstić information content (AvgIpc) is 3.05. The molecule has 0 bridgehead atoms. The summed E-state index contributed by atoms with van der Waals surface area (Å²) in [5.74, 6) is 2.07. The van der Waals surface area contributed by atoms with Crippen LogP contribution in [0.2, 0.25) is 0 Å². The number of nitrogens with zero attached hydrogens (tertiary/aromatic N) is 3. The normalized spacial score (nSPS) is 23.0. The Bertz CT molecular complexity index is 667. The van der Waals surface area contributed by atoms with E-state index in [0.717, 1.165) is 63.8 Å². The Hall–Kier alpha value is -1.69. The van der Waals surface area contributed by atoms with Crippen molar-refractivity contribution in [3.63, 3.8) is 0 Å². The Kier molecular flexibility index (Phi) is 5.99. The van der Waals surface area contributed by atoms with Gasteiger partial charge in [0.05, 0.1) is 6.54 Å². The molecule has 2 aliphatic rings. The fourth-order valence-electron chi connectivity index (χ4n) is 3.93. The molecule has 0 aliphatic carbocycles. The van der Waals surface area contributed by atoms with Crippen molar-refractivity contribution in [2.75, 3.05) is 32.8 Å². The zero-order valence-corrected chi connectivity index (χ0v) is 15.5. The molecule has 140 valence electrons. The maximum atomic E-state index is 6.10. The summed E-state index contributed by atoms with van der Waals surface area (Å²) in [5, 5.41) is 0. The first-order valence-electron chi connectivity index (χ1n) is 9.91. The van der Waals surface area contributed by atoms with Crippen molar-refractivity contribution in [2.45, 2.75) is 44.9 Å². The topological polar surface area (TPSA) is 41.7 Å². The summed E-state index contributed by atoms with van der Waals surface area (Å²) in [6.45, 7) is 7.24. The van der Waals surface area contributed by atoms with E-state index in [-0.39, 0.29) is 6.10 Å². The first-order valence-corrected chi connectivity index (χ1v) is 9.91. The number of hydrogen-bond acceptors (Lipinski definition) is 5. The van der Waals surface area contributed by atoms with Gasteiger partial charge >= 0.3 is 0 Å². The molecule has 2 aliphatic heterocycles. The van der Waals surface area contributed by atoms with E-state index < -0.39 is 0 Å². The fraction of sp³-hybridized carbons (Fsp3) is 0.571. The molecule has 1 atom stereocenters. The zero-order chi connectivity index (χ0) is 17.6. The van der Waals surface area contributed by atoms with Gasteiger partial charge < -0.3 is 9.15 Å². The summed E-state index contributed by atoms with van der Waals surface area (Å²) >= 11 is 0. The minimum Gasteiger partial charge on any atom is -0.462 e. The summed E-state index contributed by atoms with van der Waals surface area (Å²) < 4.78 is 11.9. The molecule has 2 aromatic heterocycles. The summed E-state index contributed by atoms with van der Waals surface area (Å²) in [7, 11) is 0. The molecular weight excluding hydrogens is 326 g/mol. The molecule has 2 saturated heterocycles. The van der Waals surface area contributed by atoms with Crippen molar-refractivity contribution in [1.82, 2.24) is 14.8 Å². The predicted molar refractivity (Wildman–Crippen MR) is 101 cm³/mol. The number of pyridine rings is 1. The van der Waals surface area contributed by atoms with Gasteiger partial charge in [-0.2, -0.15) is 0 Å². The highest BCUT2D eigenvalue weighted by Crippen LogP contribution is 2.29. The maximum absolute atomic E-state index is 6.10. The second-order valence-electron chi connectivity index (χ2n) is 7.42. The minimum atomic E-state index is 0.164. The number of aromatic nitrogens is 1. The van der Waals surface area contributed by atoms with Crippen molar-refractivity contribution in [3.05, 3.63) is 53.7 Å². The van der Waals surface area contributed by atoms with Crippen LogP contribution in [-0.2, 0) is 17.8 Å². The average molecular weight is 355 g/mol. The lowest BCUT2D eigenvalue weighted by atomic mass is 10.1. The molecule has 0 unspecified atom stereocenters. The number of hydrogen-bond donors (Lipinski definition) is 0. The Labute approximate surface area is 156 Å². The molecule has 4 rings (SSSR count). The maximum Gasteiger partial charge on any atom is 0.133 e. The highest BCUT2D eigenvalue weighted by Gasteiger charge is 2.21. The van der Waals surface area contributed by atoms with E-state index in [4.69, 9.17) is 9.15 Å². The third-order valence-electron chi connectivity index (χ3n) is 5.40. The first kappa shape index (κ1) is 17.7. The van der Waals surface area contributed by atoms with E-state index in [1.54, 1.807) is 0 Å². The predicted octanol–water partition coefficient (Wildman–Crippen LogP) is 3.62. The molecule has 2 aromatic rings. The lowest BCUT2D eigenvalue weighted by Gasteiger charge is -2.22. The van der Waals surface area contributed by atoms with Crippen LogP contribution in [-0.4, -0.2) is 47.6 Å². The molecule has 5 nitrogen and oxygen atoms in total. The van der Waals surface area contributed by atoms with Crippen LogP contribution in [0.5, 0.6) is 0 Å². The van der Waals surface area contributed by atoms with Gasteiger partial charge in [0.1, 0.15) is 17.6 Å². The van der Waals surface area contributed by atoms with Crippen molar-refractivity contribution in [3.8, 4) is 0 Å². The largest absolute Gasteiger partial charge is 0.462 e. The zero-order valence-electron chi connectivity index (χ0n) is 15.5. The van der Waals surface area contributed by atoms with E-state index in [2.05, 4.69) is 39.0 Å². The van der Waals surface area contributed by atoms with Gasteiger partial charge in [-0.3, -0.25) is 14.8 Å². The third-order valence-corrected chi connectivity index (χ3v) is 5.40. The number of furan rings is 1. The molecule has 0 spiro atoms. The second kappa shape index (κ2) is 8.80. The quantitative estimate of drug-likeness (QED) is 0.819. The van der Waals surface area contributed by atoms with E-state index in [1.165, 1.54) is 24.8 Å². The molecule has 5 heteroatoms. The van der Waals surface area contributed by atoms with Crippen LogP contribution < -0.4 is 0 Å². The summed E-state index contributed by atoms with van der Waals surface area (Å²) in [5.41, 5.74) is 1.34.